The molecule has 0 saturated carbocycles. The van der Waals surface area contributed by atoms with Crippen LogP contribution in [0.3, 0.4) is 0 Å². The third-order valence-electron chi connectivity index (χ3n) is 1.98. The van der Waals surface area contributed by atoms with Crippen molar-refractivity contribution in [1.29, 1.82) is 0 Å². The zero-order valence-electron chi connectivity index (χ0n) is 10.0. The SMILES string of the molecule is CC(C)NC(=O)c1ccc(I)c(OCC(F)F)c1. The minimum absolute atomic E-state index is 0.0159. The Morgan fingerprint density at radius 3 is 2.67 bits per heavy atom. The van der Waals surface area contributed by atoms with Gasteiger partial charge in [0.25, 0.3) is 12.3 Å². The number of hydrogen-bond donors (Lipinski definition) is 1. The van der Waals surface area contributed by atoms with E-state index in [2.05, 4.69) is 5.32 Å². The molecule has 0 atom stereocenters. The minimum atomic E-state index is -2.53. The number of alkyl halides is 2. The van der Waals surface area contributed by atoms with Crippen molar-refractivity contribution >= 4 is 28.5 Å². The van der Waals surface area contributed by atoms with Crippen LogP contribution in [0.15, 0.2) is 18.2 Å². The molecule has 18 heavy (non-hydrogen) atoms. The number of hydrogen-bond acceptors (Lipinski definition) is 2. The number of nitrogens with one attached hydrogen (secondary N) is 1. The van der Waals surface area contributed by atoms with Gasteiger partial charge in [-0.25, -0.2) is 8.78 Å². The first kappa shape index (κ1) is 15.1. The predicted molar refractivity (Wildman–Crippen MR) is 73.3 cm³/mol. The fourth-order valence-electron chi connectivity index (χ4n) is 1.25. The molecule has 0 saturated heterocycles. The average Bonchev–Trinajstić information content (AvgIpc) is 2.26. The van der Waals surface area contributed by atoms with Crippen LogP contribution in [0.2, 0.25) is 0 Å². The molecule has 3 nitrogen and oxygen atoms in total. The van der Waals surface area contributed by atoms with Crippen LogP contribution in [-0.2, 0) is 0 Å². The summed E-state index contributed by atoms with van der Waals surface area (Å²) in [7, 11) is 0. The van der Waals surface area contributed by atoms with E-state index in [1.165, 1.54) is 6.07 Å². The van der Waals surface area contributed by atoms with Gasteiger partial charge < -0.3 is 10.1 Å². The maximum Gasteiger partial charge on any atom is 0.272 e. The number of ether oxygens (including phenoxy) is 1. The first-order chi connectivity index (χ1) is 8.40. The summed E-state index contributed by atoms with van der Waals surface area (Å²) in [6.07, 6.45) is -2.53. The molecule has 1 rings (SSSR count). The van der Waals surface area contributed by atoms with E-state index in [1.54, 1.807) is 12.1 Å². The summed E-state index contributed by atoms with van der Waals surface area (Å²) in [5.74, 6) is 0.0515. The first-order valence-electron chi connectivity index (χ1n) is 5.41. The summed E-state index contributed by atoms with van der Waals surface area (Å²) < 4.78 is 29.8. The Labute approximate surface area is 118 Å². The van der Waals surface area contributed by atoms with Crippen LogP contribution < -0.4 is 10.1 Å². The predicted octanol–water partition coefficient (Wildman–Crippen LogP) is 3.07. The summed E-state index contributed by atoms with van der Waals surface area (Å²) in [4.78, 5) is 11.7. The molecular weight excluding hydrogens is 355 g/mol. The topological polar surface area (TPSA) is 38.3 Å². The van der Waals surface area contributed by atoms with Crippen molar-refractivity contribution in [3.05, 3.63) is 27.3 Å². The number of rotatable bonds is 5. The molecule has 1 amide bonds. The lowest BCUT2D eigenvalue weighted by Gasteiger charge is -2.11. The van der Waals surface area contributed by atoms with Gasteiger partial charge in [0.05, 0.1) is 3.57 Å². The molecule has 0 aliphatic carbocycles. The first-order valence-corrected chi connectivity index (χ1v) is 6.49. The van der Waals surface area contributed by atoms with Crippen LogP contribution in [-0.4, -0.2) is 25.0 Å². The molecule has 0 unspecified atom stereocenters. The standard InChI is InChI=1S/C12H14F2INO2/c1-7(2)16-12(17)8-3-4-9(15)10(5-8)18-6-11(13)14/h3-5,7,11H,6H2,1-2H3,(H,16,17). The van der Waals surface area contributed by atoms with Crippen molar-refractivity contribution < 1.29 is 18.3 Å². The second-order valence-electron chi connectivity index (χ2n) is 3.98. The van der Waals surface area contributed by atoms with E-state index in [1.807, 2.05) is 36.4 Å². The number of halogens is 3. The van der Waals surface area contributed by atoms with Crippen LogP contribution in [0.25, 0.3) is 0 Å². The van der Waals surface area contributed by atoms with E-state index < -0.39 is 13.0 Å². The van der Waals surface area contributed by atoms with Crippen molar-refractivity contribution in [2.45, 2.75) is 26.3 Å². The van der Waals surface area contributed by atoms with Gasteiger partial charge >= 0.3 is 0 Å². The Hall–Kier alpha value is -0.920. The third-order valence-corrected chi connectivity index (χ3v) is 2.87. The second-order valence-corrected chi connectivity index (χ2v) is 5.14. The molecule has 1 aromatic rings. The maximum absolute atomic E-state index is 12.1. The van der Waals surface area contributed by atoms with Crippen molar-refractivity contribution in [3.63, 3.8) is 0 Å². The average molecular weight is 369 g/mol. The van der Waals surface area contributed by atoms with Crippen LogP contribution >= 0.6 is 22.6 Å². The lowest BCUT2D eigenvalue weighted by molar-refractivity contribution is 0.0813. The highest BCUT2D eigenvalue weighted by Gasteiger charge is 2.12. The molecule has 100 valence electrons. The molecule has 0 aliphatic heterocycles. The van der Waals surface area contributed by atoms with E-state index in [4.69, 9.17) is 4.74 Å². The zero-order valence-corrected chi connectivity index (χ0v) is 12.2. The third kappa shape index (κ3) is 4.75. The Morgan fingerprint density at radius 1 is 1.44 bits per heavy atom. The van der Waals surface area contributed by atoms with E-state index in [0.717, 1.165) is 0 Å². The number of carbonyl (C=O) groups is 1. The van der Waals surface area contributed by atoms with Crippen molar-refractivity contribution in [2.75, 3.05) is 6.61 Å². The van der Waals surface area contributed by atoms with Gasteiger partial charge in [-0.15, -0.1) is 0 Å². The van der Waals surface area contributed by atoms with Gasteiger partial charge in [-0.1, -0.05) is 0 Å². The van der Waals surface area contributed by atoms with Gasteiger partial charge in [0.15, 0.2) is 0 Å². The molecule has 0 bridgehead atoms. The van der Waals surface area contributed by atoms with Gasteiger partial charge in [-0.3, -0.25) is 4.79 Å². The van der Waals surface area contributed by atoms with Crippen LogP contribution in [0.5, 0.6) is 5.75 Å². The fraction of sp³-hybridized carbons (Fsp3) is 0.417. The minimum Gasteiger partial charge on any atom is -0.487 e. The van der Waals surface area contributed by atoms with Crippen molar-refractivity contribution in [1.82, 2.24) is 5.32 Å². The van der Waals surface area contributed by atoms with Gasteiger partial charge in [0, 0.05) is 11.6 Å². The Morgan fingerprint density at radius 2 is 2.11 bits per heavy atom. The zero-order chi connectivity index (χ0) is 13.7. The fourth-order valence-corrected chi connectivity index (χ4v) is 1.74. The molecule has 0 spiro atoms. The smallest absolute Gasteiger partial charge is 0.272 e. The van der Waals surface area contributed by atoms with E-state index in [0.29, 0.717) is 14.9 Å². The maximum atomic E-state index is 12.1. The molecule has 1 aromatic carbocycles. The van der Waals surface area contributed by atoms with Crippen LogP contribution in [0, 0.1) is 3.57 Å². The highest BCUT2D eigenvalue weighted by Crippen LogP contribution is 2.23. The summed E-state index contributed by atoms with van der Waals surface area (Å²) in [6.45, 7) is 3.02. The number of benzene rings is 1. The summed E-state index contributed by atoms with van der Waals surface area (Å²) in [6, 6.07) is 4.79. The molecular formula is C12H14F2INO2. The quantitative estimate of drug-likeness (QED) is 0.811. The Kier molecular flexibility index (Phi) is 5.77. The number of carbonyl (C=O) groups excluding carboxylic acids is 1. The lowest BCUT2D eigenvalue weighted by Crippen LogP contribution is -2.30. The van der Waals surface area contributed by atoms with Gasteiger partial charge in [0.2, 0.25) is 0 Å². The highest BCUT2D eigenvalue weighted by atomic mass is 127. The lowest BCUT2D eigenvalue weighted by atomic mass is 10.2. The van der Waals surface area contributed by atoms with Crippen LogP contribution in [0.4, 0.5) is 8.78 Å². The van der Waals surface area contributed by atoms with Gasteiger partial charge in [0.1, 0.15) is 12.4 Å². The van der Waals surface area contributed by atoms with Crippen LogP contribution in [0.1, 0.15) is 24.2 Å². The Balaban J connectivity index is 2.83. The molecule has 6 heteroatoms. The largest absolute Gasteiger partial charge is 0.487 e. The summed E-state index contributed by atoms with van der Waals surface area (Å²) >= 11 is 1.97. The van der Waals surface area contributed by atoms with Crippen molar-refractivity contribution in [2.24, 2.45) is 0 Å². The van der Waals surface area contributed by atoms with Gasteiger partial charge in [-0.2, -0.15) is 0 Å². The second kappa shape index (κ2) is 6.86. The molecule has 0 aromatic heterocycles. The molecule has 1 N–H and O–H groups in total. The van der Waals surface area contributed by atoms with Crippen molar-refractivity contribution in [3.8, 4) is 5.75 Å². The normalized spacial score (nSPS) is 10.8. The van der Waals surface area contributed by atoms with E-state index in [-0.39, 0.29) is 11.9 Å². The molecule has 0 heterocycles. The molecule has 0 aliphatic rings. The monoisotopic (exact) mass is 369 g/mol. The molecule has 0 fully saturated rings. The van der Waals surface area contributed by atoms with Gasteiger partial charge in [-0.05, 0) is 54.6 Å². The van der Waals surface area contributed by atoms with E-state index in [9.17, 15) is 13.6 Å². The number of amides is 1. The Bertz CT molecular complexity index is 425. The summed E-state index contributed by atoms with van der Waals surface area (Å²) in [5, 5.41) is 2.73. The van der Waals surface area contributed by atoms with E-state index >= 15 is 0 Å². The highest BCUT2D eigenvalue weighted by molar-refractivity contribution is 14.1. The molecule has 0 radical (unpaired) electrons. The summed E-state index contributed by atoms with van der Waals surface area (Å²) in [5.41, 5.74) is 0.397.